The van der Waals surface area contributed by atoms with Crippen LogP contribution in [0.1, 0.15) is 38.3 Å². The molecule has 1 heterocycles. The van der Waals surface area contributed by atoms with Gasteiger partial charge in [0.25, 0.3) is 5.91 Å². The topological polar surface area (TPSA) is 76.0 Å². The number of benzene rings is 2. The van der Waals surface area contributed by atoms with E-state index < -0.39 is 51.1 Å². The Kier molecular flexibility index (Phi) is 8.03. The number of hydrogen-bond donors (Lipinski definition) is 0. The molecule has 2 amide bonds. The van der Waals surface area contributed by atoms with Crippen molar-refractivity contribution in [2.24, 2.45) is 5.16 Å². The summed E-state index contributed by atoms with van der Waals surface area (Å²) in [5.41, 5.74) is -1.91. The zero-order chi connectivity index (χ0) is 26.1. The molecule has 0 fully saturated rings. The van der Waals surface area contributed by atoms with Gasteiger partial charge in [-0.15, -0.1) is 0 Å². The Morgan fingerprint density at radius 3 is 2.29 bits per heavy atom. The molecule has 1 aliphatic rings. The van der Waals surface area contributed by atoms with Crippen molar-refractivity contribution in [2.75, 3.05) is 0 Å². The minimum Gasteiger partial charge on any atom is -0.369 e. The number of allylic oxidation sites excluding steroid dienone is 2. The first-order valence-electron chi connectivity index (χ1n) is 9.58. The summed E-state index contributed by atoms with van der Waals surface area (Å²) in [6.07, 6.45) is -5.23. The maximum atomic E-state index is 13.7. The lowest BCUT2D eigenvalue weighted by Gasteiger charge is -2.21. The molecule has 184 valence electrons. The summed E-state index contributed by atoms with van der Waals surface area (Å²) in [6, 6.07) is 4.98. The van der Waals surface area contributed by atoms with Crippen LogP contribution in [0, 0.1) is 12.7 Å². The fourth-order valence-electron chi connectivity index (χ4n) is 3.18. The van der Waals surface area contributed by atoms with Crippen LogP contribution in [-0.2, 0) is 9.63 Å². The average molecular weight is 596 g/mol. The van der Waals surface area contributed by atoms with Crippen molar-refractivity contribution in [1.82, 2.24) is 4.90 Å². The van der Waals surface area contributed by atoms with Gasteiger partial charge in [-0.05, 0) is 64.3 Å². The van der Waals surface area contributed by atoms with Gasteiger partial charge in [-0.1, -0.05) is 34.4 Å². The summed E-state index contributed by atoms with van der Waals surface area (Å²) in [4.78, 5) is 42.7. The van der Waals surface area contributed by atoms with Gasteiger partial charge in [0.15, 0.2) is 11.6 Å². The Labute approximate surface area is 214 Å². The minimum atomic E-state index is -4.99. The molecule has 3 rings (SSSR count). The first kappa shape index (κ1) is 26.8. The number of aryl methyl sites for hydroxylation is 1. The van der Waals surface area contributed by atoms with Crippen molar-refractivity contribution >= 4 is 67.4 Å². The Morgan fingerprint density at radius 2 is 1.80 bits per heavy atom. The highest BCUT2D eigenvalue weighted by Crippen LogP contribution is 2.37. The van der Waals surface area contributed by atoms with Crippen molar-refractivity contribution in [3.05, 3.63) is 74.5 Å². The van der Waals surface area contributed by atoms with Crippen molar-refractivity contribution in [1.29, 1.82) is 0 Å². The van der Waals surface area contributed by atoms with Gasteiger partial charge in [-0.3, -0.25) is 14.4 Å². The van der Waals surface area contributed by atoms with Gasteiger partial charge in [-0.2, -0.15) is 13.2 Å². The van der Waals surface area contributed by atoms with E-state index in [1.165, 1.54) is 19.1 Å². The van der Waals surface area contributed by atoms with Crippen molar-refractivity contribution in [3.8, 4) is 0 Å². The van der Waals surface area contributed by atoms with Gasteiger partial charge >= 0.3 is 6.18 Å². The quantitative estimate of drug-likeness (QED) is 0.129. The van der Waals surface area contributed by atoms with Crippen LogP contribution in [0.25, 0.3) is 5.57 Å². The van der Waals surface area contributed by atoms with Crippen LogP contribution in [0.2, 0.25) is 10.0 Å². The van der Waals surface area contributed by atoms with E-state index in [0.29, 0.717) is 22.8 Å². The van der Waals surface area contributed by atoms with Crippen LogP contribution >= 0.6 is 39.1 Å². The zero-order valence-corrected chi connectivity index (χ0v) is 20.6. The van der Waals surface area contributed by atoms with Gasteiger partial charge in [0, 0.05) is 11.1 Å². The van der Waals surface area contributed by atoms with E-state index in [4.69, 9.17) is 28.0 Å². The third kappa shape index (κ3) is 5.91. The first-order chi connectivity index (χ1) is 16.3. The Morgan fingerprint density at radius 1 is 1.17 bits per heavy atom. The van der Waals surface area contributed by atoms with Crippen LogP contribution in [0.15, 0.2) is 41.6 Å². The molecule has 0 N–H and O–H groups in total. The van der Waals surface area contributed by atoms with Crippen LogP contribution < -0.4 is 0 Å². The Hall–Kier alpha value is -2.76. The molecule has 1 aliphatic heterocycles. The van der Waals surface area contributed by atoms with Crippen molar-refractivity contribution < 1.29 is 36.8 Å². The summed E-state index contributed by atoms with van der Waals surface area (Å²) >= 11 is 14.3. The number of hydrogen-bond acceptors (Lipinski definition) is 5. The van der Waals surface area contributed by atoms with Crippen molar-refractivity contribution in [3.63, 3.8) is 0 Å². The highest BCUT2D eigenvalue weighted by molar-refractivity contribution is 9.18. The number of oxime groups is 1. The van der Waals surface area contributed by atoms with E-state index in [9.17, 15) is 31.9 Å². The van der Waals surface area contributed by atoms with Crippen LogP contribution in [0.4, 0.5) is 17.6 Å². The Bertz CT molecular complexity index is 1260. The molecule has 0 bridgehead atoms. The van der Waals surface area contributed by atoms with Gasteiger partial charge in [0.05, 0.1) is 22.0 Å². The monoisotopic (exact) mass is 594 g/mol. The number of alkyl halides is 3. The lowest BCUT2D eigenvalue weighted by atomic mass is 9.98. The standard InChI is InChI=1S/C22H13BrCl2F4N2O4/c1-10-4-11(2-3-13(10)21(34)31(9-32)19-8-18(23)30-35-19)17(33)7-14(22(27,28)29)12-5-15(24)20(26)16(25)6-12/h2-7,9,19H,8H2,1H3/b14-7+. The molecule has 0 aliphatic carbocycles. The van der Waals surface area contributed by atoms with Gasteiger partial charge in [0.2, 0.25) is 12.6 Å². The van der Waals surface area contributed by atoms with E-state index in [1.807, 2.05) is 0 Å². The molecule has 13 heteroatoms. The second-order valence-electron chi connectivity index (χ2n) is 7.25. The maximum absolute atomic E-state index is 13.7. The molecule has 0 saturated heterocycles. The van der Waals surface area contributed by atoms with Crippen LogP contribution in [0.5, 0.6) is 0 Å². The number of carbonyl (C=O) groups excluding carboxylic acids is 3. The number of ketones is 1. The van der Waals surface area contributed by atoms with Crippen LogP contribution in [0.3, 0.4) is 0 Å². The molecule has 0 aromatic heterocycles. The van der Waals surface area contributed by atoms with Gasteiger partial charge in [-0.25, -0.2) is 9.29 Å². The third-order valence-corrected chi connectivity index (χ3v) is 5.91. The molecule has 0 saturated carbocycles. The van der Waals surface area contributed by atoms with E-state index >= 15 is 0 Å². The highest BCUT2D eigenvalue weighted by Gasteiger charge is 2.36. The van der Waals surface area contributed by atoms with Crippen molar-refractivity contribution in [2.45, 2.75) is 25.7 Å². The SMILES string of the molecule is Cc1cc(C(=O)/C=C(\c2cc(Cl)c(F)c(Cl)c2)C(F)(F)F)ccc1C(=O)N(C=O)C1CC(Br)=NO1. The normalized spacial score (nSPS) is 15.9. The summed E-state index contributed by atoms with van der Waals surface area (Å²) in [6.45, 7) is 1.45. The number of rotatable bonds is 6. The Balaban J connectivity index is 1.93. The fraction of sp³-hybridized carbons (Fsp3) is 0.182. The molecule has 0 spiro atoms. The van der Waals surface area contributed by atoms with E-state index in [0.717, 1.165) is 11.0 Å². The molecule has 2 aromatic carbocycles. The first-order valence-corrected chi connectivity index (χ1v) is 11.1. The number of amides is 2. The zero-order valence-electron chi connectivity index (χ0n) is 17.5. The smallest absolute Gasteiger partial charge is 0.369 e. The molecule has 6 nitrogen and oxygen atoms in total. The van der Waals surface area contributed by atoms with Gasteiger partial charge < -0.3 is 4.84 Å². The highest BCUT2D eigenvalue weighted by atomic mass is 79.9. The molecule has 35 heavy (non-hydrogen) atoms. The predicted octanol–water partition coefficient (Wildman–Crippen LogP) is 6.32. The third-order valence-electron chi connectivity index (χ3n) is 4.89. The molecule has 2 aromatic rings. The molecular formula is C22H13BrCl2F4N2O4. The van der Waals surface area contributed by atoms with E-state index in [1.54, 1.807) is 0 Å². The summed E-state index contributed by atoms with van der Waals surface area (Å²) < 4.78 is 55.1. The number of imide groups is 1. The van der Waals surface area contributed by atoms with E-state index in [-0.39, 0.29) is 29.5 Å². The second-order valence-corrected chi connectivity index (χ2v) is 8.98. The lowest BCUT2D eigenvalue weighted by Crippen LogP contribution is -2.39. The van der Waals surface area contributed by atoms with E-state index in [2.05, 4.69) is 21.1 Å². The largest absolute Gasteiger partial charge is 0.417 e. The second kappa shape index (κ2) is 10.5. The molecule has 0 radical (unpaired) electrons. The van der Waals surface area contributed by atoms with Crippen LogP contribution in [-0.4, -0.2) is 40.0 Å². The fourth-order valence-corrected chi connectivity index (χ4v) is 4.03. The minimum absolute atomic E-state index is 0.0254. The van der Waals surface area contributed by atoms with Gasteiger partial charge in [0.1, 0.15) is 4.62 Å². The maximum Gasteiger partial charge on any atom is 0.417 e. The summed E-state index contributed by atoms with van der Waals surface area (Å²) in [5, 5.41) is 2.33. The number of carbonyl (C=O) groups is 3. The number of nitrogens with zero attached hydrogens (tertiary/aromatic N) is 2. The molecular weight excluding hydrogens is 583 g/mol. The molecule has 1 atom stereocenters. The predicted molar refractivity (Wildman–Crippen MR) is 124 cm³/mol. The molecule has 1 unspecified atom stereocenters. The average Bonchev–Trinajstić information content (AvgIpc) is 3.20. The summed E-state index contributed by atoms with van der Waals surface area (Å²) in [7, 11) is 0. The lowest BCUT2D eigenvalue weighted by molar-refractivity contribution is -0.125. The summed E-state index contributed by atoms with van der Waals surface area (Å²) in [5.74, 6) is -2.88. The number of halogens is 7.